The van der Waals surface area contributed by atoms with Gasteiger partial charge in [-0.3, -0.25) is 9.59 Å². The van der Waals surface area contributed by atoms with E-state index in [1.54, 1.807) is 31.7 Å². The number of benzodiazepines with no additional fused rings is 1. The van der Waals surface area contributed by atoms with Crippen LogP contribution >= 0.6 is 11.8 Å². The summed E-state index contributed by atoms with van der Waals surface area (Å²) in [4.78, 5) is 65.0. The van der Waals surface area contributed by atoms with Crippen molar-refractivity contribution < 1.29 is 28.7 Å². The Morgan fingerprint density at radius 1 is 0.814 bits per heavy atom. The molecule has 0 bridgehead atoms. The van der Waals surface area contributed by atoms with Gasteiger partial charge in [0.25, 0.3) is 11.8 Å². The smallest absolute Gasteiger partial charge is 0.408 e. The number of alkyl carbamates (subject to hydrolysis) is 1. The maximum absolute atomic E-state index is 14.6. The minimum atomic E-state index is -1.26. The number of hydrogen-bond acceptors (Lipinski definition) is 8. The lowest BCUT2D eigenvalue weighted by atomic mass is 10.0. The van der Waals surface area contributed by atoms with Crippen LogP contribution in [-0.4, -0.2) is 70.4 Å². The van der Waals surface area contributed by atoms with Crippen molar-refractivity contribution in [2.45, 2.75) is 44.7 Å². The molecule has 0 fully saturated rings. The van der Waals surface area contributed by atoms with Gasteiger partial charge >= 0.3 is 12.1 Å². The fourth-order valence-corrected chi connectivity index (χ4v) is 7.67. The Labute approximate surface area is 347 Å². The first-order valence-corrected chi connectivity index (χ1v) is 20.5. The van der Waals surface area contributed by atoms with Crippen molar-refractivity contribution in [2.24, 2.45) is 4.99 Å². The molecule has 3 amide bonds. The summed E-state index contributed by atoms with van der Waals surface area (Å²) in [5, 5.41) is 6.47. The molecule has 7 rings (SSSR count). The second-order valence-corrected chi connectivity index (χ2v) is 16.1. The van der Waals surface area contributed by atoms with E-state index in [0.29, 0.717) is 22.8 Å². The van der Waals surface area contributed by atoms with Crippen LogP contribution < -0.4 is 15.5 Å². The lowest BCUT2D eigenvalue weighted by molar-refractivity contribution is -0.149. The number of benzene rings is 5. The Kier molecular flexibility index (Phi) is 12.6. The maximum Gasteiger partial charge on any atom is 0.408 e. The van der Waals surface area contributed by atoms with E-state index >= 15 is 0 Å². The third-order valence-corrected chi connectivity index (χ3v) is 10.5. The summed E-state index contributed by atoms with van der Waals surface area (Å²) in [5.41, 5.74) is 4.54. The number of H-pyrrole nitrogens is 1. The molecule has 6 aromatic rings. The molecular formula is C47H45N5O6S. The predicted octanol–water partition coefficient (Wildman–Crippen LogP) is 8.07. The van der Waals surface area contributed by atoms with Gasteiger partial charge in [0.2, 0.25) is 6.17 Å². The summed E-state index contributed by atoms with van der Waals surface area (Å²) in [6.07, 6.45) is -2.74. The van der Waals surface area contributed by atoms with E-state index in [-0.39, 0.29) is 12.3 Å². The molecule has 0 radical (unpaired) electrons. The maximum atomic E-state index is 14.6. The molecule has 59 heavy (non-hydrogen) atoms. The van der Waals surface area contributed by atoms with E-state index in [9.17, 15) is 19.2 Å². The molecular weight excluding hydrogens is 763 g/mol. The topological polar surface area (TPSA) is 142 Å². The van der Waals surface area contributed by atoms with E-state index in [1.807, 2.05) is 140 Å². The molecule has 0 saturated heterocycles. The van der Waals surface area contributed by atoms with Crippen molar-refractivity contribution in [1.82, 2.24) is 15.6 Å². The molecule has 1 aliphatic rings. The van der Waals surface area contributed by atoms with Crippen molar-refractivity contribution >= 4 is 57.9 Å². The Bertz CT molecular complexity index is 2380. The summed E-state index contributed by atoms with van der Waals surface area (Å²) >= 11 is 1.36. The molecule has 300 valence electrons. The highest BCUT2D eigenvalue weighted by atomic mass is 32.2. The molecule has 1 aliphatic heterocycles. The summed E-state index contributed by atoms with van der Waals surface area (Å²) in [6.45, 7) is 5.43. The molecule has 1 aromatic heterocycles. The third-order valence-electron chi connectivity index (χ3n) is 9.46. The van der Waals surface area contributed by atoms with Crippen LogP contribution in [0.25, 0.3) is 10.9 Å². The van der Waals surface area contributed by atoms with Crippen molar-refractivity contribution in [3.05, 3.63) is 174 Å². The first-order chi connectivity index (χ1) is 28.5. The Hall–Kier alpha value is -6.66. The van der Waals surface area contributed by atoms with E-state index in [0.717, 1.165) is 33.2 Å². The van der Waals surface area contributed by atoms with Gasteiger partial charge in [0, 0.05) is 40.1 Å². The van der Waals surface area contributed by atoms with Gasteiger partial charge < -0.3 is 30.0 Å². The van der Waals surface area contributed by atoms with Gasteiger partial charge in [-0.25, -0.2) is 14.6 Å². The highest BCUT2D eigenvalue weighted by Gasteiger charge is 2.34. The van der Waals surface area contributed by atoms with Crippen LogP contribution in [0.3, 0.4) is 0 Å². The van der Waals surface area contributed by atoms with Gasteiger partial charge in [-0.2, -0.15) is 11.8 Å². The highest BCUT2D eigenvalue weighted by molar-refractivity contribution is 7.99. The van der Waals surface area contributed by atoms with Crippen LogP contribution in [0.15, 0.2) is 151 Å². The molecule has 3 N–H and O–H groups in total. The number of carbonyl (C=O) groups is 4. The predicted molar refractivity (Wildman–Crippen MR) is 232 cm³/mol. The molecule has 0 aliphatic carbocycles. The zero-order chi connectivity index (χ0) is 41.4. The number of thioether (sulfide) groups is 1. The van der Waals surface area contributed by atoms with Crippen LogP contribution in [0, 0.1) is 0 Å². The van der Waals surface area contributed by atoms with Gasteiger partial charge in [0.15, 0.2) is 6.10 Å². The lowest BCUT2D eigenvalue weighted by Crippen LogP contribution is -2.48. The van der Waals surface area contributed by atoms with Crippen molar-refractivity contribution in [3.8, 4) is 0 Å². The molecule has 5 aromatic carbocycles. The Balaban J connectivity index is 1.12. The standard InChI is InChI=1S/C47H45N5O6S/c1-47(2,3)58-46(56)49-38(45(55)57-41(32-19-9-5-10-20-32)33-21-11-6-12-22-33)30-59-28-27-52-39-26-16-14-24-35(39)40(31-17-7-4-8-18-31)50-42(44(52)54)51-43(53)37-29-34-23-13-15-25-36(34)48-37/h4-26,29,38,41-42,48H,27-28,30H2,1-3H3,(H,49,56)(H,51,53)/t38-,42-/m1/s1. The number of para-hydroxylation sites is 2. The number of ether oxygens (including phenoxy) is 2. The third kappa shape index (κ3) is 10.1. The Morgan fingerprint density at radius 2 is 1.42 bits per heavy atom. The van der Waals surface area contributed by atoms with Crippen LogP contribution in [0.5, 0.6) is 0 Å². The number of aromatic amines is 1. The quantitative estimate of drug-likeness (QED) is 0.0792. The number of fused-ring (bicyclic) bond motifs is 2. The van der Waals surface area contributed by atoms with Crippen LogP contribution in [0.4, 0.5) is 10.5 Å². The monoisotopic (exact) mass is 807 g/mol. The average Bonchev–Trinajstić information content (AvgIpc) is 3.64. The van der Waals surface area contributed by atoms with E-state index < -0.39 is 47.8 Å². The SMILES string of the molecule is CC(C)(C)OC(=O)N[C@H](CSCCN1C(=O)[C@@H](NC(=O)c2cc3ccccc3[nH]2)N=C(c2ccccc2)c2ccccc21)C(=O)OC(c1ccccc1)c1ccccc1. The second kappa shape index (κ2) is 18.3. The number of nitrogens with one attached hydrogen (secondary N) is 3. The normalized spacial score (nSPS) is 14.5. The average molecular weight is 808 g/mol. The number of aromatic nitrogens is 1. The fourth-order valence-electron chi connectivity index (χ4n) is 6.74. The minimum Gasteiger partial charge on any atom is -0.451 e. The van der Waals surface area contributed by atoms with E-state index in [4.69, 9.17) is 14.5 Å². The fraction of sp³-hybridized carbons (Fsp3) is 0.213. The van der Waals surface area contributed by atoms with Crippen molar-refractivity contribution in [1.29, 1.82) is 0 Å². The van der Waals surface area contributed by atoms with Crippen LogP contribution in [0.1, 0.15) is 59.6 Å². The number of anilines is 1. The first kappa shape index (κ1) is 40.5. The van der Waals surface area contributed by atoms with Crippen LogP contribution in [-0.2, 0) is 19.1 Å². The molecule has 11 nitrogen and oxygen atoms in total. The van der Waals surface area contributed by atoms with Crippen molar-refractivity contribution in [3.63, 3.8) is 0 Å². The summed E-state index contributed by atoms with van der Waals surface area (Å²) in [5.74, 6) is -1.08. The first-order valence-electron chi connectivity index (χ1n) is 19.3. The lowest BCUT2D eigenvalue weighted by Gasteiger charge is -2.27. The highest BCUT2D eigenvalue weighted by Crippen LogP contribution is 2.30. The van der Waals surface area contributed by atoms with Gasteiger partial charge in [0.05, 0.1) is 11.4 Å². The zero-order valence-corrected chi connectivity index (χ0v) is 33.8. The number of nitrogens with zero attached hydrogens (tertiary/aromatic N) is 2. The largest absolute Gasteiger partial charge is 0.451 e. The molecule has 2 atom stereocenters. The molecule has 0 unspecified atom stereocenters. The number of hydrogen-bond donors (Lipinski definition) is 3. The summed E-state index contributed by atoms with van der Waals surface area (Å²) in [6, 6.07) is 44.0. The number of aliphatic imine (C=N–C) groups is 1. The second-order valence-electron chi connectivity index (χ2n) is 14.9. The number of rotatable bonds is 13. The van der Waals surface area contributed by atoms with Gasteiger partial charge in [-0.05, 0) is 50.1 Å². The number of esters is 1. The minimum absolute atomic E-state index is 0.115. The summed E-state index contributed by atoms with van der Waals surface area (Å²) < 4.78 is 11.7. The zero-order valence-electron chi connectivity index (χ0n) is 33.0. The summed E-state index contributed by atoms with van der Waals surface area (Å²) in [7, 11) is 0. The molecule has 2 heterocycles. The molecule has 0 saturated carbocycles. The van der Waals surface area contributed by atoms with E-state index in [1.165, 1.54) is 11.8 Å². The number of amides is 3. The molecule has 12 heteroatoms. The van der Waals surface area contributed by atoms with Crippen LogP contribution in [0.2, 0.25) is 0 Å². The number of carbonyl (C=O) groups excluding carboxylic acids is 4. The Morgan fingerprint density at radius 3 is 2.08 bits per heavy atom. The molecule has 0 spiro atoms. The van der Waals surface area contributed by atoms with Gasteiger partial charge in [0.1, 0.15) is 17.3 Å². The van der Waals surface area contributed by atoms with Gasteiger partial charge in [-0.1, -0.05) is 127 Å². The van der Waals surface area contributed by atoms with E-state index in [2.05, 4.69) is 15.6 Å². The van der Waals surface area contributed by atoms with Gasteiger partial charge in [-0.15, -0.1) is 0 Å². The van der Waals surface area contributed by atoms with Crippen molar-refractivity contribution in [2.75, 3.05) is 23.0 Å².